The molecule has 0 spiro atoms. The SMILES string of the molecule is COc1cc(/C=C/C(=O)Oc2ccc3c(=O)c(Oc4ccc(C(C)(C)C)cc4)coc3c2)cc(OC)c1OC. The Bertz CT molecular complexity index is 1550. The minimum Gasteiger partial charge on any atom is -0.493 e. The highest BCUT2D eigenvalue weighted by molar-refractivity contribution is 5.89. The number of hydrogen-bond acceptors (Lipinski definition) is 8. The lowest BCUT2D eigenvalue weighted by Crippen LogP contribution is -2.10. The molecule has 0 N–H and O–H groups in total. The largest absolute Gasteiger partial charge is 0.493 e. The Morgan fingerprint density at radius 3 is 2.05 bits per heavy atom. The van der Waals surface area contributed by atoms with E-state index >= 15 is 0 Å². The summed E-state index contributed by atoms with van der Waals surface area (Å²) in [5, 5.41) is 0.298. The summed E-state index contributed by atoms with van der Waals surface area (Å²) in [5.41, 5.74) is 1.73. The molecular weight excluding hydrogens is 500 g/mol. The number of esters is 1. The molecule has 4 aromatic rings. The Morgan fingerprint density at radius 1 is 0.821 bits per heavy atom. The average Bonchev–Trinajstić information content (AvgIpc) is 2.92. The van der Waals surface area contributed by atoms with Gasteiger partial charge in [-0.1, -0.05) is 32.9 Å². The van der Waals surface area contributed by atoms with E-state index < -0.39 is 5.97 Å². The Labute approximate surface area is 226 Å². The van der Waals surface area contributed by atoms with Crippen LogP contribution in [0.25, 0.3) is 17.0 Å². The Kier molecular flexibility index (Phi) is 7.95. The number of carbonyl (C=O) groups excluding carboxylic acids is 1. The number of ether oxygens (including phenoxy) is 5. The molecule has 39 heavy (non-hydrogen) atoms. The van der Waals surface area contributed by atoms with Crippen molar-refractivity contribution in [3.05, 3.63) is 88.3 Å². The number of hydrogen-bond donors (Lipinski definition) is 0. The van der Waals surface area contributed by atoms with Crippen molar-refractivity contribution < 1.29 is 32.9 Å². The molecule has 3 aromatic carbocycles. The van der Waals surface area contributed by atoms with Crippen molar-refractivity contribution in [2.24, 2.45) is 0 Å². The van der Waals surface area contributed by atoms with Gasteiger partial charge in [0.1, 0.15) is 23.3 Å². The summed E-state index contributed by atoms with van der Waals surface area (Å²) >= 11 is 0. The second kappa shape index (κ2) is 11.3. The molecule has 0 saturated heterocycles. The molecule has 8 nitrogen and oxygen atoms in total. The van der Waals surface area contributed by atoms with Gasteiger partial charge in [0.2, 0.25) is 16.9 Å². The van der Waals surface area contributed by atoms with Crippen LogP contribution in [0.2, 0.25) is 0 Å². The first kappa shape index (κ1) is 27.3. The molecule has 4 rings (SSSR count). The first-order chi connectivity index (χ1) is 18.6. The van der Waals surface area contributed by atoms with Crippen LogP contribution in [0.3, 0.4) is 0 Å². The van der Waals surface area contributed by atoms with E-state index in [-0.39, 0.29) is 27.9 Å². The maximum Gasteiger partial charge on any atom is 0.336 e. The summed E-state index contributed by atoms with van der Waals surface area (Å²) in [6, 6.07) is 15.5. The van der Waals surface area contributed by atoms with E-state index in [0.29, 0.717) is 33.9 Å². The first-order valence-corrected chi connectivity index (χ1v) is 12.2. The van der Waals surface area contributed by atoms with E-state index in [4.69, 9.17) is 28.1 Å². The van der Waals surface area contributed by atoms with Crippen LogP contribution in [0.1, 0.15) is 31.9 Å². The number of fused-ring (bicyclic) bond motifs is 1. The molecule has 0 unspecified atom stereocenters. The molecule has 0 fully saturated rings. The van der Waals surface area contributed by atoms with Gasteiger partial charge in [0.25, 0.3) is 0 Å². The van der Waals surface area contributed by atoms with Crippen molar-refractivity contribution >= 4 is 23.0 Å². The van der Waals surface area contributed by atoms with Gasteiger partial charge in [-0.25, -0.2) is 4.79 Å². The van der Waals surface area contributed by atoms with Crippen LogP contribution in [0.4, 0.5) is 0 Å². The van der Waals surface area contributed by atoms with Gasteiger partial charge < -0.3 is 28.1 Å². The summed E-state index contributed by atoms with van der Waals surface area (Å²) in [6.45, 7) is 6.37. The average molecular weight is 531 g/mol. The fourth-order valence-corrected chi connectivity index (χ4v) is 3.89. The number of rotatable bonds is 8. The van der Waals surface area contributed by atoms with Gasteiger partial charge in [0.05, 0.1) is 26.7 Å². The summed E-state index contributed by atoms with van der Waals surface area (Å²) in [4.78, 5) is 25.4. The first-order valence-electron chi connectivity index (χ1n) is 12.2. The quantitative estimate of drug-likeness (QED) is 0.144. The van der Waals surface area contributed by atoms with E-state index in [0.717, 1.165) is 5.56 Å². The number of benzene rings is 3. The fraction of sp³-hybridized carbons (Fsp3) is 0.226. The lowest BCUT2D eigenvalue weighted by molar-refractivity contribution is -0.128. The van der Waals surface area contributed by atoms with Crippen LogP contribution in [0.15, 0.2) is 76.1 Å². The maximum absolute atomic E-state index is 13.0. The fourth-order valence-electron chi connectivity index (χ4n) is 3.89. The van der Waals surface area contributed by atoms with Crippen LogP contribution in [0, 0.1) is 0 Å². The molecule has 0 amide bonds. The molecular formula is C31H30O8. The van der Waals surface area contributed by atoms with Crippen molar-refractivity contribution in [1.82, 2.24) is 0 Å². The third kappa shape index (κ3) is 6.23. The van der Waals surface area contributed by atoms with Gasteiger partial charge >= 0.3 is 5.97 Å². The van der Waals surface area contributed by atoms with Crippen LogP contribution in [-0.2, 0) is 10.2 Å². The lowest BCUT2D eigenvalue weighted by Gasteiger charge is -2.19. The van der Waals surface area contributed by atoms with Gasteiger partial charge in [-0.2, -0.15) is 0 Å². The Hall–Kier alpha value is -4.72. The predicted molar refractivity (Wildman–Crippen MR) is 148 cm³/mol. The minimum absolute atomic E-state index is 0.00817. The van der Waals surface area contributed by atoms with E-state index in [1.165, 1.54) is 51.9 Å². The normalized spacial score (nSPS) is 11.4. The maximum atomic E-state index is 13.0. The number of carbonyl (C=O) groups is 1. The van der Waals surface area contributed by atoms with Gasteiger partial charge in [0, 0.05) is 12.1 Å². The zero-order valence-electron chi connectivity index (χ0n) is 22.7. The van der Waals surface area contributed by atoms with Crippen LogP contribution < -0.4 is 29.1 Å². The molecule has 0 radical (unpaired) electrons. The van der Waals surface area contributed by atoms with Crippen LogP contribution >= 0.6 is 0 Å². The van der Waals surface area contributed by atoms with Crippen LogP contribution in [-0.4, -0.2) is 27.3 Å². The molecule has 0 saturated carbocycles. The predicted octanol–water partition coefficient (Wildman–Crippen LogP) is 6.53. The van der Waals surface area contributed by atoms with Crippen LogP contribution in [0.5, 0.6) is 34.5 Å². The second-order valence-corrected chi connectivity index (χ2v) is 9.68. The third-order valence-corrected chi connectivity index (χ3v) is 5.98. The van der Waals surface area contributed by atoms with Crippen molar-refractivity contribution in [3.8, 4) is 34.5 Å². The van der Waals surface area contributed by atoms with Crippen molar-refractivity contribution in [3.63, 3.8) is 0 Å². The van der Waals surface area contributed by atoms with Gasteiger partial charge in [-0.05, 0) is 59.0 Å². The van der Waals surface area contributed by atoms with Gasteiger partial charge in [-0.3, -0.25) is 4.79 Å². The topological polar surface area (TPSA) is 93.4 Å². The molecule has 1 heterocycles. The van der Waals surface area contributed by atoms with Crippen molar-refractivity contribution in [2.45, 2.75) is 26.2 Å². The Balaban J connectivity index is 1.49. The van der Waals surface area contributed by atoms with Crippen molar-refractivity contribution in [1.29, 1.82) is 0 Å². The third-order valence-electron chi connectivity index (χ3n) is 5.98. The number of methoxy groups -OCH3 is 3. The Morgan fingerprint density at radius 2 is 1.46 bits per heavy atom. The van der Waals surface area contributed by atoms with E-state index in [1.807, 2.05) is 24.3 Å². The second-order valence-electron chi connectivity index (χ2n) is 9.68. The molecule has 1 aromatic heterocycles. The summed E-state index contributed by atoms with van der Waals surface area (Å²) in [7, 11) is 4.53. The highest BCUT2D eigenvalue weighted by atomic mass is 16.5. The summed E-state index contributed by atoms with van der Waals surface area (Å²) in [6.07, 6.45) is 4.08. The molecule has 0 aliphatic rings. The molecule has 0 aliphatic carbocycles. The highest BCUT2D eigenvalue weighted by Gasteiger charge is 2.15. The monoisotopic (exact) mass is 530 g/mol. The highest BCUT2D eigenvalue weighted by Crippen LogP contribution is 2.38. The van der Waals surface area contributed by atoms with E-state index in [2.05, 4.69) is 20.8 Å². The lowest BCUT2D eigenvalue weighted by atomic mass is 9.87. The molecule has 0 atom stereocenters. The van der Waals surface area contributed by atoms with Gasteiger partial charge in [0.15, 0.2) is 11.5 Å². The molecule has 202 valence electrons. The zero-order chi connectivity index (χ0) is 28.2. The van der Waals surface area contributed by atoms with Crippen molar-refractivity contribution in [2.75, 3.05) is 21.3 Å². The summed E-state index contributed by atoms with van der Waals surface area (Å²) in [5.74, 6) is 1.55. The zero-order valence-corrected chi connectivity index (χ0v) is 22.7. The standard InChI is InChI=1S/C31H30O8/c1-31(2,3)20-8-10-21(11-9-20)38-27-18-37-24-17-22(12-13-23(24)29(27)33)39-28(32)14-7-19-15-25(34-4)30(36-6)26(16-19)35-5/h7-18H,1-6H3/b14-7+. The minimum atomic E-state index is -0.621. The summed E-state index contributed by atoms with van der Waals surface area (Å²) < 4.78 is 32.8. The molecule has 0 aliphatic heterocycles. The molecule has 0 bridgehead atoms. The smallest absolute Gasteiger partial charge is 0.336 e. The van der Waals surface area contributed by atoms with Gasteiger partial charge in [-0.15, -0.1) is 0 Å². The van der Waals surface area contributed by atoms with E-state index in [9.17, 15) is 9.59 Å². The molecule has 8 heteroatoms. The van der Waals surface area contributed by atoms with E-state index in [1.54, 1.807) is 18.2 Å².